The molecule has 0 fully saturated rings. The van der Waals surface area contributed by atoms with Crippen molar-refractivity contribution in [3.8, 4) is 0 Å². The molecule has 0 saturated heterocycles. The van der Waals surface area contributed by atoms with E-state index in [0.717, 1.165) is 6.54 Å². The largest absolute Gasteiger partial charge is 0.384 e. The Bertz CT molecular complexity index is 404. The van der Waals surface area contributed by atoms with Crippen LogP contribution in [0.5, 0.6) is 0 Å². The molecule has 0 unspecified atom stereocenters. The summed E-state index contributed by atoms with van der Waals surface area (Å²) in [5.74, 6) is 0. The summed E-state index contributed by atoms with van der Waals surface area (Å²) >= 11 is 0. The molecule has 0 bridgehead atoms. The van der Waals surface area contributed by atoms with Gasteiger partial charge in [-0.25, -0.2) is 0 Å². The maximum Gasteiger partial charge on any atom is 0.0414 e. The van der Waals surface area contributed by atoms with E-state index in [4.69, 9.17) is 0 Å². The van der Waals surface area contributed by atoms with Gasteiger partial charge in [0.25, 0.3) is 0 Å². The Kier molecular flexibility index (Phi) is 1.86. The molecule has 0 saturated carbocycles. The number of anilines is 1. The lowest BCUT2D eigenvalue weighted by molar-refractivity contribution is 0.585. The molecule has 0 aromatic heterocycles. The number of rotatable bonds is 0. The first kappa shape index (κ1) is 9.26. The van der Waals surface area contributed by atoms with E-state index in [2.05, 4.69) is 31.3 Å². The first-order valence-electron chi connectivity index (χ1n) is 6.07. The van der Waals surface area contributed by atoms with Crippen molar-refractivity contribution in [3.63, 3.8) is 0 Å². The third-order valence-corrected chi connectivity index (χ3v) is 3.97. The summed E-state index contributed by atoms with van der Waals surface area (Å²) in [7, 11) is 0. The molecule has 0 spiro atoms. The Hall–Kier alpha value is -0.980. The fraction of sp³-hybridized carbons (Fsp3) is 0.571. The summed E-state index contributed by atoms with van der Waals surface area (Å²) in [5, 5.41) is 3.62. The van der Waals surface area contributed by atoms with Gasteiger partial charge in [0.05, 0.1) is 0 Å². The van der Waals surface area contributed by atoms with Gasteiger partial charge in [-0.15, -0.1) is 0 Å². The highest BCUT2D eigenvalue weighted by atomic mass is 14.9. The molecule has 3 rings (SSSR count). The topological polar surface area (TPSA) is 12.0 Å². The van der Waals surface area contributed by atoms with E-state index in [1.54, 1.807) is 11.1 Å². The molecule has 0 atom stereocenters. The third-order valence-electron chi connectivity index (χ3n) is 3.97. The summed E-state index contributed by atoms with van der Waals surface area (Å²) in [4.78, 5) is 0. The van der Waals surface area contributed by atoms with Gasteiger partial charge >= 0.3 is 0 Å². The van der Waals surface area contributed by atoms with Crippen LogP contribution in [0.25, 0.3) is 0 Å². The lowest BCUT2D eigenvalue weighted by Gasteiger charge is -2.21. The van der Waals surface area contributed by atoms with Crippen LogP contribution in [0.3, 0.4) is 0 Å². The molecule has 1 aromatic carbocycles. The van der Waals surface area contributed by atoms with Crippen LogP contribution < -0.4 is 5.32 Å². The van der Waals surface area contributed by atoms with Crippen molar-refractivity contribution >= 4 is 5.69 Å². The SMILES string of the molecule is CC1(C)CNc2c1ccc1c2CCCC1. The molecule has 1 heteroatoms. The summed E-state index contributed by atoms with van der Waals surface area (Å²) in [6, 6.07) is 4.71. The van der Waals surface area contributed by atoms with Crippen molar-refractivity contribution in [2.75, 3.05) is 11.9 Å². The minimum Gasteiger partial charge on any atom is -0.384 e. The van der Waals surface area contributed by atoms with Crippen LogP contribution in [0.1, 0.15) is 43.4 Å². The molecular weight excluding hydrogens is 182 g/mol. The normalized spacial score (nSPS) is 21.7. The first-order chi connectivity index (χ1) is 7.18. The van der Waals surface area contributed by atoms with E-state index in [-0.39, 0.29) is 0 Å². The Morgan fingerprint density at radius 3 is 2.80 bits per heavy atom. The monoisotopic (exact) mass is 201 g/mol. The molecule has 0 radical (unpaired) electrons. The minimum atomic E-state index is 0.321. The van der Waals surface area contributed by atoms with Gasteiger partial charge in [0.2, 0.25) is 0 Å². The van der Waals surface area contributed by atoms with Crippen LogP contribution in [0.15, 0.2) is 12.1 Å². The van der Waals surface area contributed by atoms with Gasteiger partial charge in [0.15, 0.2) is 0 Å². The third kappa shape index (κ3) is 1.29. The average Bonchev–Trinajstić information content (AvgIpc) is 2.55. The minimum absolute atomic E-state index is 0.321. The van der Waals surface area contributed by atoms with E-state index in [1.165, 1.54) is 36.9 Å². The average molecular weight is 201 g/mol. The quantitative estimate of drug-likeness (QED) is 0.679. The van der Waals surface area contributed by atoms with Crippen molar-refractivity contribution < 1.29 is 0 Å². The maximum atomic E-state index is 3.62. The lowest BCUT2D eigenvalue weighted by Crippen LogP contribution is -2.18. The van der Waals surface area contributed by atoms with E-state index < -0.39 is 0 Å². The maximum absolute atomic E-state index is 3.62. The van der Waals surface area contributed by atoms with E-state index in [0.29, 0.717) is 5.41 Å². The lowest BCUT2D eigenvalue weighted by atomic mass is 9.82. The Labute approximate surface area is 91.9 Å². The Morgan fingerprint density at radius 2 is 1.93 bits per heavy atom. The van der Waals surface area contributed by atoms with Crippen molar-refractivity contribution in [1.29, 1.82) is 0 Å². The summed E-state index contributed by atoms with van der Waals surface area (Å²) in [6.45, 7) is 5.76. The molecular formula is C14H19N. The van der Waals surface area contributed by atoms with Gasteiger partial charge in [0.1, 0.15) is 0 Å². The molecule has 15 heavy (non-hydrogen) atoms. The number of hydrogen-bond donors (Lipinski definition) is 1. The fourth-order valence-electron chi connectivity index (χ4n) is 3.00. The van der Waals surface area contributed by atoms with Crippen molar-refractivity contribution in [3.05, 3.63) is 28.8 Å². The first-order valence-corrected chi connectivity index (χ1v) is 6.07. The smallest absolute Gasteiger partial charge is 0.0414 e. The molecule has 1 nitrogen and oxygen atoms in total. The summed E-state index contributed by atoms with van der Waals surface area (Å²) < 4.78 is 0. The molecule has 80 valence electrons. The molecule has 1 N–H and O–H groups in total. The predicted molar refractivity (Wildman–Crippen MR) is 64.6 cm³/mol. The number of aryl methyl sites for hydroxylation is 1. The van der Waals surface area contributed by atoms with Crippen LogP contribution >= 0.6 is 0 Å². The molecule has 1 aromatic rings. The number of fused-ring (bicyclic) bond motifs is 3. The second-order valence-corrected chi connectivity index (χ2v) is 5.57. The van der Waals surface area contributed by atoms with Crippen molar-refractivity contribution in [2.45, 2.75) is 44.9 Å². The van der Waals surface area contributed by atoms with Gasteiger partial charge < -0.3 is 5.32 Å². The predicted octanol–water partition coefficient (Wildman–Crippen LogP) is 3.27. The van der Waals surface area contributed by atoms with E-state index >= 15 is 0 Å². The second kappa shape index (κ2) is 3.01. The van der Waals surface area contributed by atoms with E-state index in [9.17, 15) is 0 Å². The summed E-state index contributed by atoms with van der Waals surface area (Å²) in [5.41, 5.74) is 6.52. The highest BCUT2D eigenvalue weighted by molar-refractivity contribution is 5.67. The molecule has 1 aliphatic heterocycles. The number of nitrogens with one attached hydrogen (secondary N) is 1. The van der Waals surface area contributed by atoms with Crippen LogP contribution in [-0.4, -0.2) is 6.54 Å². The summed E-state index contributed by atoms with van der Waals surface area (Å²) in [6.07, 6.45) is 5.30. The van der Waals surface area contributed by atoms with Gasteiger partial charge in [-0.3, -0.25) is 0 Å². The van der Waals surface area contributed by atoms with Crippen molar-refractivity contribution in [1.82, 2.24) is 0 Å². The second-order valence-electron chi connectivity index (χ2n) is 5.57. The van der Waals surface area contributed by atoms with Crippen LogP contribution in [0, 0.1) is 0 Å². The Balaban J connectivity index is 2.17. The van der Waals surface area contributed by atoms with Crippen LogP contribution in [0.2, 0.25) is 0 Å². The highest BCUT2D eigenvalue weighted by Crippen LogP contribution is 2.41. The molecule has 2 aliphatic rings. The number of benzene rings is 1. The zero-order valence-electron chi connectivity index (χ0n) is 9.69. The van der Waals surface area contributed by atoms with Crippen LogP contribution in [-0.2, 0) is 18.3 Å². The molecule has 1 heterocycles. The Morgan fingerprint density at radius 1 is 1.13 bits per heavy atom. The van der Waals surface area contributed by atoms with Gasteiger partial charge in [0, 0.05) is 17.6 Å². The van der Waals surface area contributed by atoms with Gasteiger partial charge in [-0.1, -0.05) is 26.0 Å². The van der Waals surface area contributed by atoms with Gasteiger partial charge in [-0.05, 0) is 42.4 Å². The van der Waals surface area contributed by atoms with Crippen LogP contribution in [0.4, 0.5) is 5.69 Å². The standard InChI is InChI=1S/C14H19N/c1-14(2)9-15-13-11-6-4-3-5-10(11)7-8-12(13)14/h7-8,15H,3-6,9H2,1-2H3. The number of hydrogen-bond acceptors (Lipinski definition) is 1. The van der Waals surface area contributed by atoms with Crippen molar-refractivity contribution in [2.24, 2.45) is 0 Å². The van der Waals surface area contributed by atoms with Gasteiger partial charge in [-0.2, -0.15) is 0 Å². The zero-order valence-corrected chi connectivity index (χ0v) is 9.69. The molecule has 1 aliphatic carbocycles. The fourth-order valence-corrected chi connectivity index (χ4v) is 3.00. The molecule has 0 amide bonds. The zero-order chi connectivity index (χ0) is 10.5. The highest BCUT2D eigenvalue weighted by Gasteiger charge is 2.32. The van der Waals surface area contributed by atoms with E-state index in [1.807, 2.05) is 0 Å².